The average Bonchev–Trinajstić information content (AvgIpc) is 2.76. The Labute approximate surface area is 140 Å². The molecule has 1 N–H and O–H groups in total. The summed E-state index contributed by atoms with van der Waals surface area (Å²) in [7, 11) is 0. The van der Waals surface area contributed by atoms with Gasteiger partial charge in [0.1, 0.15) is 0 Å². The second-order valence-electron chi connectivity index (χ2n) is 5.13. The van der Waals surface area contributed by atoms with Gasteiger partial charge in [0, 0.05) is 21.0 Å². The highest BCUT2D eigenvalue weighted by atomic mass is 35.5. The molecule has 2 rings (SSSR count). The van der Waals surface area contributed by atoms with Crippen LogP contribution in [0.4, 0.5) is 0 Å². The van der Waals surface area contributed by atoms with E-state index in [-0.39, 0.29) is 6.04 Å². The molecular weight excluding hydrogens is 323 g/mol. The number of benzene rings is 1. The van der Waals surface area contributed by atoms with Crippen LogP contribution in [0, 0.1) is 13.8 Å². The van der Waals surface area contributed by atoms with Crippen molar-refractivity contribution in [1.29, 1.82) is 0 Å². The van der Waals surface area contributed by atoms with Crippen LogP contribution < -0.4 is 5.32 Å². The van der Waals surface area contributed by atoms with Gasteiger partial charge >= 0.3 is 0 Å². The van der Waals surface area contributed by atoms with Crippen LogP contribution in [0.1, 0.15) is 40.5 Å². The van der Waals surface area contributed by atoms with Crippen molar-refractivity contribution >= 4 is 34.5 Å². The van der Waals surface area contributed by atoms with Gasteiger partial charge in [0.15, 0.2) is 0 Å². The Kier molecular flexibility index (Phi) is 6.06. The lowest BCUT2D eigenvalue weighted by Gasteiger charge is -2.18. The SMILES string of the molecule is CCCNC(Cc1ccc(Cl)cc1Cl)c1sc(C)nc1C. The second kappa shape index (κ2) is 7.59. The molecule has 0 spiro atoms. The van der Waals surface area contributed by atoms with E-state index in [1.54, 1.807) is 17.4 Å². The van der Waals surface area contributed by atoms with E-state index < -0.39 is 0 Å². The van der Waals surface area contributed by atoms with Crippen molar-refractivity contribution in [2.75, 3.05) is 6.54 Å². The first-order valence-corrected chi connectivity index (χ1v) is 8.69. The number of nitrogens with one attached hydrogen (secondary N) is 1. The highest BCUT2D eigenvalue weighted by Gasteiger charge is 2.18. The quantitative estimate of drug-likeness (QED) is 0.765. The van der Waals surface area contributed by atoms with Gasteiger partial charge < -0.3 is 5.32 Å². The predicted molar refractivity (Wildman–Crippen MR) is 92.8 cm³/mol. The smallest absolute Gasteiger partial charge is 0.0900 e. The van der Waals surface area contributed by atoms with Crippen LogP contribution in [0.3, 0.4) is 0 Å². The van der Waals surface area contributed by atoms with Gasteiger partial charge in [0.2, 0.25) is 0 Å². The fourth-order valence-corrected chi connectivity index (χ4v) is 3.84. The van der Waals surface area contributed by atoms with Crippen molar-refractivity contribution in [3.63, 3.8) is 0 Å². The Morgan fingerprint density at radius 1 is 1.29 bits per heavy atom. The van der Waals surface area contributed by atoms with Gasteiger partial charge in [0.25, 0.3) is 0 Å². The van der Waals surface area contributed by atoms with Gasteiger partial charge in [-0.1, -0.05) is 36.2 Å². The maximum atomic E-state index is 6.32. The van der Waals surface area contributed by atoms with Crippen LogP contribution in [-0.2, 0) is 6.42 Å². The molecule has 1 atom stereocenters. The Morgan fingerprint density at radius 2 is 2.05 bits per heavy atom. The average molecular weight is 343 g/mol. The van der Waals surface area contributed by atoms with Crippen molar-refractivity contribution in [3.8, 4) is 0 Å². The second-order valence-corrected chi connectivity index (χ2v) is 7.21. The van der Waals surface area contributed by atoms with Gasteiger partial charge in [-0.3, -0.25) is 0 Å². The van der Waals surface area contributed by atoms with Crippen LogP contribution in [0.25, 0.3) is 0 Å². The highest BCUT2D eigenvalue weighted by molar-refractivity contribution is 7.11. The molecule has 1 aromatic carbocycles. The third kappa shape index (κ3) is 4.43. The number of halogens is 2. The van der Waals surface area contributed by atoms with E-state index in [1.807, 2.05) is 19.1 Å². The summed E-state index contributed by atoms with van der Waals surface area (Å²) in [5.74, 6) is 0. The monoisotopic (exact) mass is 342 g/mol. The zero-order valence-corrected chi connectivity index (χ0v) is 14.9. The van der Waals surface area contributed by atoms with Crippen molar-refractivity contribution < 1.29 is 0 Å². The minimum absolute atomic E-state index is 0.245. The molecule has 0 aliphatic rings. The summed E-state index contributed by atoms with van der Waals surface area (Å²) < 4.78 is 0. The minimum atomic E-state index is 0.245. The fourth-order valence-electron chi connectivity index (χ4n) is 2.35. The van der Waals surface area contributed by atoms with E-state index in [1.165, 1.54) is 4.88 Å². The summed E-state index contributed by atoms with van der Waals surface area (Å²) in [6.07, 6.45) is 1.94. The fraction of sp³-hybridized carbons (Fsp3) is 0.438. The lowest BCUT2D eigenvalue weighted by atomic mass is 10.0. The third-order valence-corrected chi connectivity index (χ3v) is 5.11. The maximum absolute atomic E-state index is 6.32. The number of hydrogen-bond donors (Lipinski definition) is 1. The molecule has 0 amide bonds. The first-order chi connectivity index (χ1) is 10.0. The molecule has 114 valence electrons. The Morgan fingerprint density at radius 3 is 2.62 bits per heavy atom. The topological polar surface area (TPSA) is 24.9 Å². The maximum Gasteiger partial charge on any atom is 0.0900 e. The molecule has 0 bridgehead atoms. The van der Waals surface area contributed by atoms with Crippen molar-refractivity contribution in [1.82, 2.24) is 10.3 Å². The van der Waals surface area contributed by atoms with E-state index in [0.717, 1.165) is 40.7 Å². The van der Waals surface area contributed by atoms with Crippen molar-refractivity contribution in [3.05, 3.63) is 49.4 Å². The Bertz CT molecular complexity index is 610. The number of aromatic nitrogens is 1. The van der Waals surface area contributed by atoms with E-state index in [0.29, 0.717) is 5.02 Å². The Hall–Kier alpha value is -0.610. The first kappa shape index (κ1) is 16.8. The molecule has 21 heavy (non-hydrogen) atoms. The largest absolute Gasteiger partial charge is 0.309 e. The predicted octanol–water partition coefficient (Wildman–Crippen LogP) is 5.35. The summed E-state index contributed by atoms with van der Waals surface area (Å²) >= 11 is 14.0. The molecule has 0 saturated carbocycles. The minimum Gasteiger partial charge on any atom is -0.309 e. The van der Waals surface area contributed by atoms with Crippen molar-refractivity contribution in [2.45, 2.75) is 39.7 Å². The molecule has 1 aromatic heterocycles. The highest BCUT2D eigenvalue weighted by Crippen LogP contribution is 2.30. The summed E-state index contributed by atoms with van der Waals surface area (Å²) in [6, 6.07) is 5.95. The number of thiazole rings is 1. The molecule has 0 radical (unpaired) electrons. The van der Waals surface area contributed by atoms with Gasteiger partial charge in [-0.05, 0) is 50.9 Å². The molecule has 0 saturated heterocycles. The Balaban J connectivity index is 2.26. The van der Waals surface area contributed by atoms with E-state index in [9.17, 15) is 0 Å². The number of aryl methyl sites for hydroxylation is 2. The van der Waals surface area contributed by atoms with E-state index in [4.69, 9.17) is 23.2 Å². The van der Waals surface area contributed by atoms with Gasteiger partial charge in [-0.15, -0.1) is 11.3 Å². The summed E-state index contributed by atoms with van der Waals surface area (Å²) in [4.78, 5) is 5.84. The standard InChI is InChI=1S/C16H20Cl2N2S/c1-4-7-19-15(16-10(2)20-11(3)21-16)8-12-5-6-13(17)9-14(12)18/h5-6,9,15,19H,4,7-8H2,1-3H3. The van der Waals surface area contributed by atoms with Crippen LogP contribution >= 0.6 is 34.5 Å². The molecule has 0 aliphatic heterocycles. The molecule has 5 heteroatoms. The molecule has 0 fully saturated rings. The van der Waals surface area contributed by atoms with E-state index >= 15 is 0 Å². The van der Waals surface area contributed by atoms with Crippen LogP contribution in [-0.4, -0.2) is 11.5 Å². The normalized spacial score (nSPS) is 12.6. The lowest BCUT2D eigenvalue weighted by molar-refractivity contribution is 0.534. The molecule has 2 aromatic rings. The lowest BCUT2D eigenvalue weighted by Crippen LogP contribution is -2.24. The number of nitrogens with zero attached hydrogens (tertiary/aromatic N) is 1. The molecule has 0 aliphatic carbocycles. The summed E-state index contributed by atoms with van der Waals surface area (Å²) in [6.45, 7) is 7.27. The van der Waals surface area contributed by atoms with Gasteiger partial charge in [0.05, 0.1) is 10.7 Å². The summed E-state index contributed by atoms with van der Waals surface area (Å²) in [5, 5.41) is 6.11. The van der Waals surface area contributed by atoms with Gasteiger partial charge in [-0.25, -0.2) is 4.98 Å². The molecule has 1 heterocycles. The van der Waals surface area contributed by atoms with Gasteiger partial charge in [-0.2, -0.15) is 0 Å². The first-order valence-electron chi connectivity index (χ1n) is 7.12. The number of hydrogen-bond acceptors (Lipinski definition) is 3. The molecule has 1 unspecified atom stereocenters. The zero-order chi connectivity index (χ0) is 15.4. The van der Waals surface area contributed by atoms with Crippen LogP contribution in [0.5, 0.6) is 0 Å². The number of rotatable bonds is 6. The third-order valence-electron chi connectivity index (χ3n) is 3.34. The van der Waals surface area contributed by atoms with Crippen LogP contribution in [0.2, 0.25) is 10.0 Å². The zero-order valence-electron chi connectivity index (χ0n) is 12.5. The van der Waals surface area contributed by atoms with Crippen LogP contribution in [0.15, 0.2) is 18.2 Å². The van der Waals surface area contributed by atoms with E-state index in [2.05, 4.69) is 24.1 Å². The molecule has 2 nitrogen and oxygen atoms in total. The van der Waals surface area contributed by atoms with Crippen molar-refractivity contribution in [2.24, 2.45) is 0 Å². The summed E-state index contributed by atoms with van der Waals surface area (Å²) in [5.41, 5.74) is 2.22. The molecular formula is C16H20Cl2N2S.